The third kappa shape index (κ3) is 3.43. The molecule has 116 valence electrons. The van der Waals surface area contributed by atoms with Crippen molar-refractivity contribution in [1.29, 1.82) is 0 Å². The molecule has 1 saturated heterocycles. The monoisotopic (exact) mass is 334 g/mol. The molecule has 0 radical (unpaired) electrons. The van der Waals surface area contributed by atoms with Crippen LogP contribution in [0.5, 0.6) is 0 Å². The number of rotatable bonds is 4. The average Bonchev–Trinajstić information content (AvgIpc) is 2.93. The summed E-state index contributed by atoms with van der Waals surface area (Å²) in [6.07, 6.45) is 0. The summed E-state index contributed by atoms with van der Waals surface area (Å²) in [4.78, 5) is 16.0. The maximum atomic E-state index is 11.3. The third-order valence-corrected chi connectivity index (χ3v) is 5.01. The maximum absolute atomic E-state index is 11.3. The molecular weight excluding hydrogens is 316 g/mol. The first kappa shape index (κ1) is 15.3. The molecule has 1 aromatic carbocycles. The van der Waals surface area contributed by atoms with Crippen LogP contribution in [0.4, 0.5) is 5.69 Å². The number of carbonyl (C=O) groups excluding carboxylic acids is 1. The minimum absolute atomic E-state index is 0.108. The summed E-state index contributed by atoms with van der Waals surface area (Å²) in [5.41, 5.74) is 3.73. The molecule has 1 fully saturated rings. The Kier molecular flexibility index (Phi) is 4.66. The molecule has 0 unspecified atom stereocenters. The van der Waals surface area contributed by atoms with Crippen molar-refractivity contribution in [3.63, 3.8) is 0 Å². The SMILES string of the molecule is CC(=O)c1ccc(N2CCN(Cn3ncsc3=S)CC2)cc1. The standard InChI is InChI=1S/C15H18N4OS2/c1-12(20)13-2-4-14(5-3-13)18-8-6-17(7-9-18)11-19-15(21)22-10-16-19/h2-5,10H,6-9,11H2,1H3. The zero-order valence-electron chi connectivity index (χ0n) is 12.4. The summed E-state index contributed by atoms with van der Waals surface area (Å²) in [7, 11) is 0. The summed E-state index contributed by atoms with van der Waals surface area (Å²) in [6, 6.07) is 7.86. The molecule has 0 bridgehead atoms. The van der Waals surface area contributed by atoms with Gasteiger partial charge in [-0.05, 0) is 43.4 Å². The van der Waals surface area contributed by atoms with Crippen LogP contribution < -0.4 is 4.90 Å². The van der Waals surface area contributed by atoms with E-state index < -0.39 is 0 Å². The first-order valence-electron chi connectivity index (χ1n) is 7.22. The number of hydrogen-bond donors (Lipinski definition) is 0. The fourth-order valence-corrected chi connectivity index (χ4v) is 3.28. The van der Waals surface area contributed by atoms with Gasteiger partial charge in [-0.15, -0.1) is 0 Å². The quantitative estimate of drug-likeness (QED) is 0.635. The topological polar surface area (TPSA) is 41.4 Å². The number of aromatic nitrogens is 2. The number of piperazine rings is 1. The van der Waals surface area contributed by atoms with Crippen molar-refractivity contribution >= 4 is 35.0 Å². The van der Waals surface area contributed by atoms with Gasteiger partial charge in [-0.25, -0.2) is 4.68 Å². The predicted octanol–water partition coefficient (Wildman–Crippen LogP) is 2.66. The van der Waals surface area contributed by atoms with Crippen LogP contribution in [0.15, 0.2) is 29.8 Å². The van der Waals surface area contributed by atoms with Gasteiger partial charge in [0, 0.05) is 37.4 Å². The Balaban J connectivity index is 1.58. The van der Waals surface area contributed by atoms with Gasteiger partial charge in [-0.2, -0.15) is 5.10 Å². The second-order valence-corrected chi connectivity index (χ2v) is 6.83. The van der Waals surface area contributed by atoms with Crippen LogP contribution in [0.2, 0.25) is 0 Å². The van der Waals surface area contributed by atoms with Gasteiger partial charge in [-0.3, -0.25) is 9.69 Å². The Labute approximate surface area is 138 Å². The number of Topliss-reactive ketones (excluding diaryl/α,β-unsaturated/α-hetero) is 1. The lowest BCUT2D eigenvalue weighted by atomic mass is 10.1. The van der Waals surface area contributed by atoms with Crippen LogP contribution in [0, 0.1) is 3.95 Å². The van der Waals surface area contributed by atoms with Crippen molar-refractivity contribution in [3.8, 4) is 0 Å². The van der Waals surface area contributed by atoms with Gasteiger partial charge in [0.25, 0.3) is 0 Å². The number of carbonyl (C=O) groups is 1. The Hall–Kier alpha value is -1.57. The minimum Gasteiger partial charge on any atom is -0.369 e. The molecule has 5 nitrogen and oxygen atoms in total. The van der Waals surface area contributed by atoms with Crippen molar-refractivity contribution in [3.05, 3.63) is 39.3 Å². The molecule has 0 aliphatic carbocycles. The predicted molar refractivity (Wildman–Crippen MR) is 91.2 cm³/mol. The minimum atomic E-state index is 0.108. The Morgan fingerprint density at radius 1 is 1.23 bits per heavy atom. The highest BCUT2D eigenvalue weighted by molar-refractivity contribution is 7.73. The molecule has 1 aromatic heterocycles. The van der Waals surface area contributed by atoms with E-state index in [2.05, 4.69) is 14.9 Å². The first-order valence-corrected chi connectivity index (χ1v) is 8.51. The van der Waals surface area contributed by atoms with Crippen LogP contribution in [0.3, 0.4) is 0 Å². The Morgan fingerprint density at radius 3 is 2.45 bits per heavy atom. The zero-order chi connectivity index (χ0) is 15.5. The van der Waals surface area contributed by atoms with E-state index in [-0.39, 0.29) is 5.78 Å². The molecule has 2 aromatic rings. The molecule has 2 heterocycles. The highest BCUT2D eigenvalue weighted by atomic mass is 32.1. The van der Waals surface area contributed by atoms with Crippen molar-refractivity contribution in [2.75, 3.05) is 31.1 Å². The Bertz CT molecular complexity index is 699. The van der Waals surface area contributed by atoms with E-state index in [1.807, 2.05) is 28.9 Å². The van der Waals surface area contributed by atoms with Gasteiger partial charge in [0.15, 0.2) is 9.74 Å². The number of hydrogen-bond acceptors (Lipinski definition) is 6. The average molecular weight is 334 g/mol. The van der Waals surface area contributed by atoms with E-state index in [1.165, 1.54) is 17.0 Å². The molecule has 1 aliphatic rings. The van der Waals surface area contributed by atoms with E-state index in [4.69, 9.17) is 12.2 Å². The molecular formula is C15H18N4OS2. The molecule has 0 saturated carbocycles. The largest absolute Gasteiger partial charge is 0.369 e. The van der Waals surface area contributed by atoms with E-state index in [9.17, 15) is 4.79 Å². The molecule has 3 rings (SSSR count). The second-order valence-electron chi connectivity index (χ2n) is 5.35. The van der Waals surface area contributed by atoms with Crippen molar-refractivity contribution < 1.29 is 4.79 Å². The van der Waals surface area contributed by atoms with Gasteiger partial charge < -0.3 is 4.90 Å². The molecule has 1 aliphatic heterocycles. The fourth-order valence-electron chi connectivity index (χ4n) is 2.57. The smallest absolute Gasteiger partial charge is 0.180 e. The summed E-state index contributed by atoms with van der Waals surface area (Å²) < 4.78 is 2.69. The van der Waals surface area contributed by atoms with E-state index >= 15 is 0 Å². The lowest BCUT2D eigenvalue weighted by molar-refractivity contribution is 0.101. The summed E-state index contributed by atoms with van der Waals surface area (Å²) in [5.74, 6) is 0.108. The first-order chi connectivity index (χ1) is 10.6. The van der Waals surface area contributed by atoms with E-state index in [0.29, 0.717) is 0 Å². The molecule has 0 amide bonds. The molecule has 0 spiro atoms. The lowest BCUT2D eigenvalue weighted by Gasteiger charge is -2.35. The normalized spacial score (nSPS) is 16.0. The number of nitrogens with zero attached hydrogens (tertiary/aromatic N) is 4. The highest BCUT2D eigenvalue weighted by Crippen LogP contribution is 2.18. The number of ketones is 1. The lowest BCUT2D eigenvalue weighted by Crippen LogP contribution is -2.46. The Morgan fingerprint density at radius 2 is 1.91 bits per heavy atom. The summed E-state index contributed by atoms with van der Waals surface area (Å²) in [5, 5.41) is 4.26. The van der Waals surface area contributed by atoms with Crippen molar-refractivity contribution in [2.45, 2.75) is 13.6 Å². The van der Waals surface area contributed by atoms with Gasteiger partial charge in [-0.1, -0.05) is 11.3 Å². The van der Waals surface area contributed by atoms with Crippen LogP contribution in [0.1, 0.15) is 17.3 Å². The van der Waals surface area contributed by atoms with E-state index in [1.54, 1.807) is 12.4 Å². The van der Waals surface area contributed by atoms with Crippen molar-refractivity contribution in [1.82, 2.24) is 14.7 Å². The summed E-state index contributed by atoms with van der Waals surface area (Å²) >= 11 is 6.74. The molecule has 0 atom stereocenters. The van der Waals surface area contributed by atoms with E-state index in [0.717, 1.165) is 42.4 Å². The van der Waals surface area contributed by atoms with Crippen LogP contribution in [0.25, 0.3) is 0 Å². The highest BCUT2D eigenvalue weighted by Gasteiger charge is 2.17. The second kappa shape index (κ2) is 6.68. The number of benzene rings is 1. The van der Waals surface area contributed by atoms with Gasteiger partial charge in [0.2, 0.25) is 0 Å². The van der Waals surface area contributed by atoms with Crippen molar-refractivity contribution in [2.24, 2.45) is 0 Å². The van der Waals surface area contributed by atoms with Crippen LogP contribution in [-0.2, 0) is 6.67 Å². The van der Waals surface area contributed by atoms with Gasteiger partial charge >= 0.3 is 0 Å². The zero-order valence-corrected chi connectivity index (χ0v) is 14.1. The van der Waals surface area contributed by atoms with Crippen LogP contribution >= 0.6 is 23.6 Å². The molecule has 7 heteroatoms. The maximum Gasteiger partial charge on any atom is 0.180 e. The fraction of sp³-hybridized carbons (Fsp3) is 0.400. The molecule has 0 N–H and O–H groups in total. The van der Waals surface area contributed by atoms with Gasteiger partial charge in [0.1, 0.15) is 5.51 Å². The third-order valence-electron chi connectivity index (χ3n) is 3.90. The number of anilines is 1. The summed E-state index contributed by atoms with van der Waals surface area (Å²) in [6.45, 7) is 6.26. The molecule has 22 heavy (non-hydrogen) atoms. The van der Waals surface area contributed by atoms with Gasteiger partial charge in [0.05, 0.1) is 6.67 Å². The van der Waals surface area contributed by atoms with Crippen LogP contribution in [-0.4, -0.2) is 46.6 Å².